The maximum Gasteiger partial charge on any atom is 0.181 e. The van der Waals surface area contributed by atoms with Crippen LogP contribution in [-0.4, -0.2) is 21.9 Å². The Labute approximate surface area is 119 Å². The average Bonchev–Trinajstić information content (AvgIpc) is 2.91. The zero-order valence-corrected chi connectivity index (χ0v) is 12.4. The predicted octanol–water partition coefficient (Wildman–Crippen LogP) is 3.16. The third-order valence-electron chi connectivity index (χ3n) is 4.09. The summed E-state index contributed by atoms with van der Waals surface area (Å²) in [4.78, 5) is 4.68. The summed E-state index contributed by atoms with van der Waals surface area (Å²) in [6.07, 6.45) is 3.46. The van der Waals surface area contributed by atoms with Crippen LogP contribution >= 0.6 is 0 Å². The number of ether oxygens (including phenoxy) is 1. The van der Waals surface area contributed by atoms with Crippen LogP contribution in [0.4, 0.5) is 0 Å². The van der Waals surface area contributed by atoms with Crippen LogP contribution in [0.1, 0.15) is 38.1 Å². The molecule has 0 radical (unpaired) electrons. The van der Waals surface area contributed by atoms with E-state index in [-0.39, 0.29) is 5.60 Å². The van der Waals surface area contributed by atoms with Gasteiger partial charge in [0, 0.05) is 25.6 Å². The highest BCUT2D eigenvalue weighted by atomic mass is 16.5. The SMILES string of the molecule is COC(C)(C)c1cccc(-c2nc3n(n2)CCCC3)c1. The molecule has 2 heterocycles. The largest absolute Gasteiger partial charge is 0.374 e. The molecule has 0 aliphatic carbocycles. The van der Waals surface area contributed by atoms with Gasteiger partial charge in [0.05, 0.1) is 5.60 Å². The Morgan fingerprint density at radius 1 is 1.25 bits per heavy atom. The minimum absolute atomic E-state index is 0.296. The lowest BCUT2D eigenvalue weighted by Crippen LogP contribution is -2.19. The Morgan fingerprint density at radius 2 is 2.10 bits per heavy atom. The van der Waals surface area contributed by atoms with Crippen molar-refractivity contribution in [3.05, 3.63) is 35.7 Å². The van der Waals surface area contributed by atoms with Crippen molar-refractivity contribution in [2.24, 2.45) is 0 Å². The summed E-state index contributed by atoms with van der Waals surface area (Å²) in [5, 5.41) is 4.63. The maximum absolute atomic E-state index is 5.55. The fourth-order valence-corrected chi connectivity index (χ4v) is 2.56. The summed E-state index contributed by atoms with van der Waals surface area (Å²) >= 11 is 0. The molecule has 4 heteroatoms. The number of benzene rings is 1. The Kier molecular flexibility index (Phi) is 3.34. The third kappa shape index (κ3) is 2.36. The first-order chi connectivity index (χ1) is 9.60. The number of nitrogens with zero attached hydrogens (tertiary/aromatic N) is 3. The summed E-state index contributed by atoms with van der Waals surface area (Å²) in [6.45, 7) is 5.13. The van der Waals surface area contributed by atoms with Crippen LogP contribution in [0.5, 0.6) is 0 Å². The van der Waals surface area contributed by atoms with Gasteiger partial charge in [-0.25, -0.2) is 9.67 Å². The van der Waals surface area contributed by atoms with Crippen LogP contribution in [0, 0.1) is 0 Å². The second kappa shape index (κ2) is 5.02. The molecule has 0 atom stereocenters. The van der Waals surface area contributed by atoms with Crippen molar-refractivity contribution >= 4 is 0 Å². The minimum Gasteiger partial charge on any atom is -0.374 e. The van der Waals surface area contributed by atoms with E-state index in [2.05, 4.69) is 42.1 Å². The van der Waals surface area contributed by atoms with E-state index in [1.54, 1.807) is 7.11 Å². The van der Waals surface area contributed by atoms with Crippen LogP contribution < -0.4 is 0 Å². The molecule has 0 spiro atoms. The number of rotatable bonds is 3. The number of methoxy groups -OCH3 is 1. The van der Waals surface area contributed by atoms with Crippen LogP contribution in [0.2, 0.25) is 0 Å². The van der Waals surface area contributed by atoms with Crippen LogP contribution in [0.15, 0.2) is 24.3 Å². The Bertz CT molecular complexity index is 592. The molecule has 0 bridgehead atoms. The molecule has 1 aliphatic heterocycles. The van der Waals surface area contributed by atoms with Crippen LogP contribution in [0.25, 0.3) is 11.4 Å². The highest BCUT2D eigenvalue weighted by Gasteiger charge is 2.21. The summed E-state index contributed by atoms with van der Waals surface area (Å²) in [5.74, 6) is 1.94. The Balaban J connectivity index is 1.98. The van der Waals surface area contributed by atoms with Crippen molar-refractivity contribution in [2.45, 2.75) is 45.3 Å². The summed E-state index contributed by atoms with van der Waals surface area (Å²) in [7, 11) is 1.74. The van der Waals surface area contributed by atoms with Gasteiger partial charge in [-0.3, -0.25) is 0 Å². The van der Waals surface area contributed by atoms with E-state index in [0.29, 0.717) is 0 Å². The van der Waals surface area contributed by atoms with Gasteiger partial charge in [0.15, 0.2) is 5.82 Å². The zero-order chi connectivity index (χ0) is 14.2. The minimum atomic E-state index is -0.296. The third-order valence-corrected chi connectivity index (χ3v) is 4.09. The molecule has 0 amide bonds. The molecule has 1 aromatic heterocycles. The molecule has 0 unspecified atom stereocenters. The smallest absolute Gasteiger partial charge is 0.181 e. The Hall–Kier alpha value is -1.68. The molecule has 4 nitrogen and oxygen atoms in total. The van der Waals surface area contributed by atoms with Crippen molar-refractivity contribution in [3.8, 4) is 11.4 Å². The van der Waals surface area contributed by atoms with Gasteiger partial charge in [0.1, 0.15) is 5.82 Å². The molecule has 0 N–H and O–H groups in total. The molecule has 0 fully saturated rings. The molecule has 0 saturated heterocycles. The normalized spacial score (nSPS) is 15.2. The fourth-order valence-electron chi connectivity index (χ4n) is 2.56. The fraction of sp³-hybridized carbons (Fsp3) is 0.500. The first kappa shape index (κ1) is 13.3. The van der Waals surface area contributed by atoms with E-state index < -0.39 is 0 Å². The summed E-state index contributed by atoms with van der Waals surface area (Å²) in [5.41, 5.74) is 1.91. The topological polar surface area (TPSA) is 39.9 Å². The standard InChI is InChI=1S/C16H21N3O/c1-16(2,20-3)13-8-6-7-12(11-13)15-17-14-9-4-5-10-19(14)18-15/h6-8,11H,4-5,9-10H2,1-3H3. The molecule has 20 heavy (non-hydrogen) atoms. The van der Waals surface area contributed by atoms with Gasteiger partial charge in [0.2, 0.25) is 0 Å². The number of hydrogen-bond donors (Lipinski definition) is 0. The number of aryl methyl sites for hydroxylation is 2. The molecule has 106 valence electrons. The molecule has 2 aromatic rings. The Morgan fingerprint density at radius 3 is 2.85 bits per heavy atom. The maximum atomic E-state index is 5.55. The lowest BCUT2D eigenvalue weighted by molar-refractivity contribution is 0.0192. The van der Waals surface area contributed by atoms with Gasteiger partial charge < -0.3 is 4.74 Å². The average molecular weight is 271 g/mol. The predicted molar refractivity (Wildman–Crippen MR) is 78.4 cm³/mol. The van der Waals surface area contributed by atoms with Crippen molar-refractivity contribution < 1.29 is 4.74 Å². The number of hydrogen-bond acceptors (Lipinski definition) is 3. The van der Waals surface area contributed by atoms with E-state index in [4.69, 9.17) is 4.74 Å². The monoisotopic (exact) mass is 271 g/mol. The second-order valence-corrected chi connectivity index (χ2v) is 5.83. The highest BCUT2D eigenvalue weighted by molar-refractivity contribution is 5.56. The highest BCUT2D eigenvalue weighted by Crippen LogP contribution is 2.27. The van der Waals surface area contributed by atoms with E-state index in [0.717, 1.165) is 35.7 Å². The van der Waals surface area contributed by atoms with Crippen molar-refractivity contribution in [1.29, 1.82) is 0 Å². The molecule has 3 rings (SSSR count). The van der Waals surface area contributed by atoms with Gasteiger partial charge >= 0.3 is 0 Å². The summed E-state index contributed by atoms with van der Waals surface area (Å²) < 4.78 is 7.60. The molecular formula is C16H21N3O. The lowest BCUT2D eigenvalue weighted by atomic mass is 9.96. The number of fused-ring (bicyclic) bond motifs is 1. The number of aromatic nitrogens is 3. The van der Waals surface area contributed by atoms with Gasteiger partial charge in [0.25, 0.3) is 0 Å². The quantitative estimate of drug-likeness (QED) is 0.861. The van der Waals surface area contributed by atoms with Crippen molar-refractivity contribution in [2.75, 3.05) is 7.11 Å². The summed E-state index contributed by atoms with van der Waals surface area (Å²) in [6, 6.07) is 8.33. The van der Waals surface area contributed by atoms with Gasteiger partial charge in [-0.05, 0) is 38.3 Å². The first-order valence-corrected chi connectivity index (χ1v) is 7.20. The van der Waals surface area contributed by atoms with Gasteiger partial charge in [-0.1, -0.05) is 18.2 Å². The molecule has 0 saturated carbocycles. The van der Waals surface area contributed by atoms with E-state index in [1.807, 2.05) is 10.7 Å². The van der Waals surface area contributed by atoms with E-state index >= 15 is 0 Å². The van der Waals surface area contributed by atoms with Crippen LogP contribution in [0.3, 0.4) is 0 Å². The molecule has 1 aliphatic rings. The lowest BCUT2D eigenvalue weighted by Gasteiger charge is -2.23. The first-order valence-electron chi connectivity index (χ1n) is 7.20. The van der Waals surface area contributed by atoms with Gasteiger partial charge in [-0.2, -0.15) is 5.10 Å². The van der Waals surface area contributed by atoms with E-state index in [9.17, 15) is 0 Å². The van der Waals surface area contributed by atoms with Crippen molar-refractivity contribution in [1.82, 2.24) is 14.8 Å². The van der Waals surface area contributed by atoms with E-state index in [1.165, 1.54) is 12.8 Å². The molecular weight excluding hydrogens is 250 g/mol. The van der Waals surface area contributed by atoms with Gasteiger partial charge in [-0.15, -0.1) is 0 Å². The molecule has 1 aromatic carbocycles. The van der Waals surface area contributed by atoms with Crippen LogP contribution in [-0.2, 0) is 23.3 Å². The van der Waals surface area contributed by atoms with Crippen molar-refractivity contribution in [3.63, 3.8) is 0 Å². The second-order valence-electron chi connectivity index (χ2n) is 5.83. The zero-order valence-electron chi connectivity index (χ0n) is 12.4.